The maximum Gasteiger partial charge on any atom is 0.255 e. The average Bonchev–Trinajstić information content (AvgIpc) is 2.95. The van der Waals surface area contributed by atoms with E-state index in [4.69, 9.17) is 0 Å². The van der Waals surface area contributed by atoms with Crippen molar-refractivity contribution in [1.82, 2.24) is 14.4 Å². The van der Waals surface area contributed by atoms with E-state index in [9.17, 15) is 9.59 Å². The molecular weight excluding hydrogens is 394 g/mol. The molecule has 1 aromatic heterocycles. The Hall–Kier alpha value is -2.08. The molecule has 1 fully saturated rings. The summed E-state index contributed by atoms with van der Waals surface area (Å²) in [5, 5.41) is 0. The number of halogens is 1. The molecule has 6 heteroatoms. The molecule has 0 radical (unpaired) electrons. The number of carbonyl (C=O) groups excluding carboxylic acids is 2. The summed E-state index contributed by atoms with van der Waals surface area (Å²) in [6.07, 6.45) is 0.516. The van der Waals surface area contributed by atoms with Crippen LogP contribution >= 0.6 is 15.9 Å². The Balaban J connectivity index is 1.80. The van der Waals surface area contributed by atoms with Crippen LogP contribution in [0, 0.1) is 13.8 Å². The van der Waals surface area contributed by atoms with Crippen molar-refractivity contribution < 1.29 is 9.59 Å². The Labute approximate surface area is 162 Å². The maximum absolute atomic E-state index is 13.0. The zero-order chi connectivity index (χ0) is 18.8. The molecule has 0 atom stereocenters. The fourth-order valence-corrected chi connectivity index (χ4v) is 3.78. The van der Waals surface area contributed by atoms with Gasteiger partial charge in [0.1, 0.15) is 0 Å². The monoisotopic (exact) mass is 417 g/mol. The fraction of sp³-hybridized carbons (Fsp3) is 0.400. The SMILES string of the molecule is CCC(=O)N1CCN(C(=O)c2cc(C)n(-c3ccc(Br)cc3)c2C)CC1. The van der Waals surface area contributed by atoms with E-state index in [2.05, 4.69) is 20.5 Å². The molecule has 0 aliphatic carbocycles. The van der Waals surface area contributed by atoms with Crippen LogP contribution in [0.2, 0.25) is 0 Å². The first-order valence-corrected chi connectivity index (χ1v) is 9.73. The van der Waals surface area contributed by atoms with Crippen LogP contribution in [-0.4, -0.2) is 52.4 Å². The minimum atomic E-state index is 0.0464. The predicted octanol–water partition coefficient (Wildman–Crippen LogP) is 3.55. The van der Waals surface area contributed by atoms with Crippen LogP contribution < -0.4 is 0 Å². The van der Waals surface area contributed by atoms with E-state index in [-0.39, 0.29) is 11.8 Å². The molecule has 26 heavy (non-hydrogen) atoms. The second-order valence-electron chi connectivity index (χ2n) is 6.62. The van der Waals surface area contributed by atoms with E-state index in [1.807, 2.05) is 60.9 Å². The van der Waals surface area contributed by atoms with E-state index in [0.717, 1.165) is 27.1 Å². The molecule has 0 spiro atoms. The van der Waals surface area contributed by atoms with Crippen molar-refractivity contribution >= 4 is 27.7 Å². The van der Waals surface area contributed by atoms with E-state index in [1.54, 1.807) is 0 Å². The van der Waals surface area contributed by atoms with Gasteiger partial charge in [-0.15, -0.1) is 0 Å². The van der Waals surface area contributed by atoms with E-state index in [1.165, 1.54) is 0 Å². The highest BCUT2D eigenvalue weighted by Gasteiger charge is 2.26. The van der Waals surface area contributed by atoms with Gasteiger partial charge in [-0.2, -0.15) is 0 Å². The van der Waals surface area contributed by atoms with Crippen molar-refractivity contribution in [3.05, 3.63) is 51.8 Å². The van der Waals surface area contributed by atoms with E-state index >= 15 is 0 Å². The smallest absolute Gasteiger partial charge is 0.255 e. The minimum absolute atomic E-state index is 0.0464. The highest BCUT2D eigenvalue weighted by atomic mass is 79.9. The largest absolute Gasteiger partial charge is 0.339 e. The lowest BCUT2D eigenvalue weighted by Gasteiger charge is -2.34. The number of nitrogens with zero attached hydrogens (tertiary/aromatic N) is 3. The molecule has 0 unspecified atom stereocenters. The summed E-state index contributed by atoms with van der Waals surface area (Å²) < 4.78 is 3.13. The van der Waals surface area contributed by atoms with Crippen LogP contribution in [0.1, 0.15) is 35.1 Å². The highest BCUT2D eigenvalue weighted by molar-refractivity contribution is 9.10. The zero-order valence-electron chi connectivity index (χ0n) is 15.5. The van der Waals surface area contributed by atoms with Crippen molar-refractivity contribution in [2.45, 2.75) is 27.2 Å². The van der Waals surface area contributed by atoms with Gasteiger partial charge in [-0.1, -0.05) is 22.9 Å². The lowest BCUT2D eigenvalue weighted by Crippen LogP contribution is -2.50. The van der Waals surface area contributed by atoms with Crippen LogP contribution in [0.5, 0.6) is 0 Å². The lowest BCUT2D eigenvalue weighted by molar-refractivity contribution is -0.132. The Kier molecular flexibility index (Phi) is 5.51. The molecule has 138 valence electrons. The molecule has 0 N–H and O–H groups in total. The Bertz CT molecular complexity index is 818. The van der Waals surface area contributed by atoms with Crippen molar-refractivity contribution in [2.75, 3.05) is 26.2 Å². The summed E-state index contributed by atoms with van der Waals surface area (Å²) in [6, 6.07) is 10.0. The zero-order valence-corrected chi connectivity index (χ0v) is 17.0. The van der Waals surface area contributed by atoms with Crippen molar-refractivity contribution in [1.29, 1.82) is 0 Å². The summed E-state index contributed by atoms with van der Waals surface area (Å²) in [6.45, 7) is 8.28. The third-order valence-corrected chi connectivity index (χ3v) is 5.50. The molecule has 1 saturated heterocycles. The molecule has 1 aromatic carbocycles. The first-order valence-electron chi connectivity index (χ1n) is 8.94. The number of aromatic nitrogens is 1. The number of hydrogen-bond donors (Lipinski definition) is 0. The number of carbonyl (C=O) groups is 2. The summed E-state index contributed by atoms with van der Waals surface area (Å²) in [4.78, 5) is 28.5. The van der Waals surface area contributed by atoms with Crippen molar-refractivity contribution in [3.8, 4) is 5.69 Å². The Morgan fingerprint density at radius 3 is 2.15 bits per heavy atom. The molecule has 1 aliphatic heterocycles. The van der Waals surface area contributed by atoms with Gasteiger partial charge in [0.25, 0.3) is 5.91 Å². The normalized spacial score (nSPS) is 14.6. The Morgan fingerprint density at radius 1 is 1.00 bits per heavy atom. The first-order chi connectivity index (χ1) is 12.4. The molecule has 1 aliphatic rings. The molecule has 0 saturated carbocycles. The quantitative estimate of drug-likeness (QED) is 0.766. The predicted molar refractivity (Wildman–Crippen MR) is 106 cm³/mol. The van der Waals surface area contributed by atoms with Gasteiger partial charge in [0, 0.05) is 54.1 Å². The molecular formula is C20H24BrN3O2. The van der Waals surface area contributed by atoms with Gasteiger partial charge < -0.3 is 14.4 Å². The molecule has 3 rings (SSSR count). The van der Waals surface area contributed by atoms with Gasteiger partial charge in [-0.3, -0.25) is 9.59 Å². The molecule has 5 nitrogen and oxygen atoms in total. The minimum Gasteiger partial charge on any atom is -0.339 e. The summed E-state index contributed by atoms with van der Waals surface area (Å²) in [5.74, 6) is 0.204. The molecule has 2 amide bonds. The van der Waals surface area contributed by atoms with Crippen LogP contribution in [0.3, 0.4) is 0 Å². The van der Waals surface area contributed by atoms with Gasteiger partial charge in [-0.05, 0) is 44.2 Å². The number of hydrogen-bond acceptors (Lipinski definition) is 2. The number of rotatable bonds is 3. The average molecular weight is 418 g/mol. The van der Waals surface area contributed by atoms with E-state index in [0.29, 0.717) is 32.6 Å². The third kappa shape index (κ3) is 3.56. The summed E-state index contributed by atoms with van der Waals surface area (Å²) in [7, 11) is 0. The van der Waals surface area contributed by atoms with Gasteiger partial charge in [0.15, 0.2) is 0 Å². The number of piperazine rings is 1. The topological polar surface area (TPSA) is 45.6 Å². The highest BCUT2D eigenvalue weighted by Crippen LogP contribution is 2.24. The number of benzene rings is 1. The van der Waals surface area contributed by atoms with Crippen molar-refractivity contribution in [2.24, 2.45) is 0 Å². The maximum atomic E-state index is 13.0. The second-order valence-corrected chi connectivity index (χ2v) is 7.54. The van der Waals surface area contributed by atoms with Crippen LogP contribution in [-0.2, 0) is 4.79 Å². The lowest BCUT2D eigenvalue weighted by atomic mass is 10.2. The molecule has 2 aromatic rings. The van der Waals surface area contributed by atoms with Crippen LogP contribution in [0.15, 0.2) is 34.8 Å². The number of aryl methyl sites for hydroxylation is 1. The van der Waals surface area contributed by atoms with E-state index < -0.39 is 0 Å². The van der Waals surface area contributed by atoms with Crippen LogP contribution in [0.25, 0.3) is 5.69 Å². The fourth-order valence-electron chi connectivity index (χ4n) is 3.52. The number of amides is 2. The summed E-state index contributed by atoms with van der Waals surface area (Å²) in [5.41, 5.74) is 3.76. The van der Waals surface area contributed by atoms with Gasteiger partial charge in [-0.25, -0.2) is 0 Å². The second kappa shape index (κ2) is 7.66. The summed E-state index contributed by atoms with van der Waals surface area (Å²) >= 11 is 3.46. The van der Waals surface area contributed by atoms with Gasteiger partial charge >= 0.3 is 0 Å². The van der Waals surface area contributed by atoms with Gasteiger partial charge in [0.05, 0.1) is 5.56 Å². The third-order valence-electron chi connectivity index (χ3n) is 4.97. The molecule has 2 heterocycles. The Morgan fingerprint density at radius 2 is 1.58 bits per heavy atom. The standard InChI is InChI=1S/C20H24BrN3O2/c1-4-19(25)22-9-11-23(12-10-22)20(26)18-13-14(2)24(15(18)3)17-7-5-16(21)6-8-17/h5-8,13H,4,9-12H2,1-3H3. The van der Waals surface area contributed by atoms with Gasteiger partial charge in [0.2, 0.25) is 5.91 Å². The molecule has 0 bridgehead atoms. The van der Waals surface area contributed by atoms with Crippen LogP contribution in [0.4, 0.5) is 0 Å². The van der Waals surface area contributed by atoms with Crippen molar-refractivity contribution in [3.63, 3.8) is 0 Å². The first kappa shape index (κ1) is 18.7.